The Morgan fingerprint density at radius 1 is 1.32 bits per heavy atom. The van der Waals surface area contributed by atoms with Crippen molar-refractivity contribution in [2.45, 2.75) is 57.9 Å². The summed E-state index contributed by atoms with van der Waals surface area (Å²) in [4.78, 5) is 4.23. The van der Waals surface area contributed by atoms with Crippen molar-refractivity contribution in [2.24, 2.45) is 10.9 Å². The lowest BCUT2D eigenvalue weighted by molar-refractivity contribution is 0.179. The van der Waals surface area contributed by atoms with Gasteiger partial charge in [0.25, 0.3) is 0 Å². The maximum Gasteiger partial charge on any atom is 0.191 e. The van der Waals surface area contributed by atoms with Gasteiger partial charge in [0.2, 0.25) is 0 Å². The van der Waals surface area contributed by atoms with Crippen LogP contribution < -0.4 is 10.6 Å². The van der Waals surface area contributed by atoms with Crippen molar-refractivity contribution >= 4 is 5.96 Å². The fourth-order valence-electron chi connectivity index (χ4n) is 2.79. The molecule has 1 aliphatic rings. The number of guanidine groups is 1. The first-order valence-corrected chi connectivity index (χ1v) is 7.72. The molecule has 4 heteroatoms. The average Bonchev–Trinajstić information content (AvgIpc) is 2.43. The number of rotatable bonds is 7. The van der Waals surface area contributed by atoms with Crippen LogP contribution in [-0.4, -0.2) is 39.3 Å². The molecule has 0 radical (unpaired) electrons. The fourth-order valence-corrected chi connectivity index (χ4v) is 2.79. The smallest absolute Gasteiger partial charge is 0.191 e. The minimum atomic E-state index is 0.287. The normalized spacial score (nSPS) is 19.2. The van der Waals surface area contributed by atoms with Gasteiger partial charge >= 0.3 is 0 Å². The summed E-state index contributed by atoms with van der Waals surface area (Å²) in [6, 6.07) is 0.287. The highest BCUT2D eigenvalue weighted by Crippen LogP contribution is 2.26. The van der Waals surface area contributed by atoms with Crippen LogP contribution in [0.15, 0.2) is 4.99 Å². The Balaban J connectivity index is 2.08. The molecule has 1 unspecified atom stereocenters. The molecule has 19 heavy (non-hydrogen) atoms. The van der Waals surface area contributed by atoms with Crippen LogP contribution in [0, 0.1) is 5.92 Å². The van der Waals surface area contributed by atoms with Gasteiger partial charge in [-0.3, -0.25) is 4.99 Å². The second-order valence-electron chi connectivity index (χ2n) is 5.65. The highest BCUT2D eigenvalue weighted by atomic mass is 16.5. The number of ether oxygens (including phenoxy) is 1. The number of hydrogen-bond acceptors (Lipinski definition) is 2. The Bertz CT molecular complexity index is 250. The van der Waals surface area contributed by atoms with Crippen molar-refractivity contribution < 1.29 is 4.74 Å². The van der Waals surface area contributed by atoms with Gasteiger partial charge in [-0.15, -0.1) is 0 Å². The van der Waals surface area contributed by atoms with E-state index in [1.165, 1.54) is 44.9 Å². The first kappa shape index (κ1) is 16.3. The molecule has 0 spiro atoms. The monoisotopic (exact) mass is 269 g/mol. The van der Waals surface area contributed by atoms with E-state index in [0.29, 0.717) is 6.61 Å². The molecular weight excluding hydrogens is 238 g/mol. The third kappa shape index (κ3) is 7.41. The number of hydrogen-bond donors (Lipinski definition) is 2. The first-order chi connectivity index (χ1) is 9.26. The van der Waals surface area contributed by atoms with Crippen LogP contribution in [0.2, 0.25) is 0 Å². The molecule has 0 heterocycles. The van der Waals surface area contributed by atoms with E-state index in [4.69, 9.17) is 4.74 Å². The van der Waals surface area contributed by atoms with Gasteiger partial charge in [-0.1, -0.05) is 32.1 Å². The Morgan fingerprint density at radius 3 is 2.68 bits per heavy atom. The van der Waals surface area contributed by atoms with Crippen LogP contribution in [0.3, 0.4) is 0 Å². The van der Waals surface area contributed by atoms with E-state index in [9.17, 15) is 0 Å². The largest absolute Gasteiger partial charge is 0.383 e. The predicted molar refractivity (Wildman–Crippen MR) is 81.6 cm³/mol. The third-order valence-corrected chi connectivity index (χ3v) is 3.83. The van der Waals surface area contributed by atoms with Gasteiger partial charge in [0.1, 0.15) is 0 Å². The zero-order valence-electron chi connectivity index (χ0n) is 12.9. The van der Waals surface area contributed by atoms with Crippen molar-refractivity contribution in [3.05, 3.63) is 0 Å². The number of nitrogens with one attached hydrogen (secondary N) is 2. The average molecular weight is 269 g/mol. The highest BCUT2D eigenvalue weighted by molar-refractivity contribution is 5.79. The Hall–Kier alpha value is -0.770. The topological polar surface area (TPSA) is 45.7 Å². The molecule has 0 aliphatic heterocycles. The molecule has 1 saturated carbocycles. The molecular formula is C15H31N3O. The Labute approximate surface area is 118 Å². The van der Waals surface area contributed by atoms with Gasteiger partial charge in [0.15, 0.2) is 5.96 Å². The summed E-state index contributed by atoms with van der Waals surface area (Å²) in [7, 11) is 3.54. The summed E-state index contributed by atoms with van der Waals surface area (Å²) < 4.78 is 5.11. The molecule has 0 amide bonds. The molecule has 0 bridgehead atoms. The molecule has 2 N–H and O–H groups in total. The minimum absolute atomic E-state index is 0.287. The molecule has 1 aliphatic carbocycles. The van der Waals surface area contributed by atoms with E-state index in [0.717, 1.165) is 18.4 Å². The summed E-state index contributed by atoms with van der Waals surface area (Å²) in [6.07, 6.45) is 9.81. The van der Waals surface area contributed by atoms with Crippen LogP contribution in [0.4, 0.5) is 0 Å². The van der Waals surface area contributed by atoms with Crippen LogP contribution in [0.25, 0.3) is 0 Å². The lowest BCUT2D eigenvalue weighted by Crippen LogP contribution is -2.44. The highest BCUT2D eigenvalue weighted by Gasteiger charge is 2.12. The first-order valence-electron chi connectivity index (χ1n) is 7.72. The van der Waals surface area contributed by atoms with Crippen molar-refractivity contribution in [2.75, 3.05) is 27.3 Å². The van der Waals surface area contributed by atoms with Crippen molar-refractivity contribution in [1.82, 2.24) is 10.6 Å². The lowest BCUT2D eigenvalue weighted by Gasteiger charge is -2.22. The zero-order valence-corrected chi connectivity index (χ0v) is 12.9. The maximum atomic E-state index is 5.11. The molecule has 1 atom stereocenters. The van der Waals surface area contributed by atoms with E-state index in [-0.39, 0.29) is 6.04 Å². The quantitative estimate of drug-likeness (QED) is 0.424. The molecule has 0 saturated heterocycles. The van der Waals surface area contributed by atoms with Crippen LogP contribution in [0.5, 0.6) is 0 Å². The van der Waals surface area contributed by atoms with Gasteiger partial charge in [-0.25, -0.2) is 0 Å². The molecule has 0 aromatic rings. The Morgan fingerprint density at radius 2 is 2.05 bits per heavy atom. The van der Waals surface area contributed by atoms with Crippen LogP contribution in [-0.2, 0) is 4.74 Å². The predicted octanol–water partition coefficient (Wildman–Crippen LogP) is 2.55. The zero-order chi connectivity index (χ0) is 13.9. The van der Waals surface area contributed by atoms with Crippen LogP contribution in [0.1, 0.15) is 51.9 Å². The molecule has 1 fully saturated rings. The minimum Gasteiger partial charge on any atom is -0.383 e. The van der Waals surface area contributed by atoms with Gasteiger partial charge in [-0.2, -0.15) is 0 Å². The molecule has 1 rings (SSSR count). The molecule has 112 valence electrons. The fraction of sp³-hybridized carbons (Fsp3) is 0.933. The number of methoxy groups -OCH3 is 1. The second kappa shape index (κ2) is 10.1. The molecule has 0 aromatic carbocycles. The van der Waals surface area contributed by atoms with E-state index in [1.807, 2.05) is 7.05 Å². The van der Waals surface area contributed by atoms with Crippen molar-refractivity contribution in [3.63, 3.8) is 0 Å². The SMILES string of the molecule is CN=C(NCCCC1CCCCC1)NC(C)COC. The second-order valence-corrected chi connectivity index (χ2v) is 5.65. The standard InChI is InChI=1S/C15H31N3O/c1-13(12-19-3)18-15(16-2)17-11-7-10-14-8-5-4-6-9-14/h13-14H,4-12H2,1-3H3,(H2,16,17,18). The van der Waals surface area contributed by atoms with Crippen LogP contribution >= 0.6 is 0 Å². The van der Waals surface area contributed by atoms with E-state index in [2.05, 4.69) is 22.5 Å². The number of nitrogens with zero attached hydrogens (tertiary/aromatic N) is 1. The Kier molecular flexibility index (Phi) is 8.63. The molecule has 0 aromatic heterocycles. The van der Waals surface area contributed by atoms with E-state index in [1.54, 1.807) is 7.11 Å². The van der Waals surface area contributed by atoms with E-state index >= 15 is 0 Å². The summed E-state index contributed by atoms with van der Waals surface area (Å²) in [6.45, 7) is 3.80. The van der Waals surface area contributed by atoms with Gasteiger partial charge in [-0.05, 0) is 25.7 Å². The summed E-state index contributed by atoms with van der Waals surface area (Å²) >= 11 is 0. The maximum absolute atomic E-state index is 5.11. The van der Waals surface area contributed by atoms with Crippen molar-refractivity contribution in [1.29, 1.82) is 0 Å². The summed E-state index contributed by atoms with van der Waals surface area (Å²) in [5.74, 6) is 1.85. The third-order valence-electron chi connectivity index (χ3n) is 3.83. The summed E-state index contributed by atoms with van der Waals surface area (Å²) in [5.41, 5.74) is 0. The van der Waals surface area contributed by atoms with Crippen molar-refractivity contribution in [3.8, 4) is 0 Å². The summed E-state index contributed by atoms with van der Waals surface area (Å²) in [5, 5.41) is 6.70. The number of aliphatic imine (C=N–C) groups is 1. The van der Waals surface area contributed by atoms with Gasteiger partial charge < -0.3 is 15.4 Å². The molecule has 4 nitrogen and oxygen atoms in total. The lowest BCUT2D eigenvalue weighted by atomic mass is 9.86. The van der Waals surface area contributed by atoms with E-state index < -0.39 is 0 Å². The van der Waals surface area contributed by atoms with Gasteiger partial charge in [0.05, 0.1) is 6.61 Å². The van der Waals surface area contributed by atoms with Gasteiger partial charge in [0, 0.05) is 26.7 Å².